The molecule has 1 aliphatic heterocycles. The molecule has 0 spiro atoms. The van der Waals surface area contributed by atoms with Crippen molar-refractivity contribution in [1.82, 2.24) is 0 Å². The highest BCUT2D eigenvalue weighted by atomic mass is 32.2. The van der Waals surface area contributed by atoms with Crippen molar-refractivity contribution in [3.05, 3.63) is 48.0 Å². The number of rotatable bonds is 4. The molecule has 0 fully saturated rings. The lowest BCUT2D eigenvalue weighted by molar-refractivity contribution is -0.286. The lowest BCUT2D eigenvalue weighted by Crippen LogP contribution is -2.25. The molecule has 2 aromatic rings. The summed E-state index contributed by atoms with van der Waals surface area (Å²) >= 11 is 0. The van der Waals surface area contributed by atoms with Crippen LogP contribution in [-0.2, 0) is 14.8 Å². The molecule has 1 aliphatic rings. The number of fused-ring (bicyclic) bond motifs is 1. The second-order valence-corrected chi connectivity index (χ2v) is 6.64. The van der Waals surface area contributed by atoms with Crippen LogP contribution in [0.4, 0.5) is 14.5 Å². The number of methoxy groups -OCH3 is 1. The highest BCUT2D eigenvalue weighted by molar-refractivity contribution is 7.92. The number of carbonyl (C=O) groups is 1. The van der Waals surface area contributed by atoms with Crippen molar-refractivity contribution in [3.8, 4) is 11.5 Å². The first-order chi connectivity index (χ1) is 11.7. The van der Waals surface area contributed by atoms with Gasteiger partial charge in [0.2, 0.25) is 0 Å². The minimum Gasteiger partial charge on any atom is -0.465 e. The van der Waals surface area contributed by atoms with Crippen LogP contribution in [-0.4, -0.2) is 27.8 Å². The zero-order chi connectivity index (χ0) is 18.2. The Hall–Kier alpha value is -2.88. The van der Waals surface area contributed by atoms with E-state index in [0.29, 0.717) is 0 Å². The van der Waals surface area contributed by atoms with Crippen LogP contribution in [0.3, 0.4) is 0 Å². The molecule has 0 amide bonds. The summed E-state index contributed by atoms with van der Waals surface area (Å²) in [6.07, 6.45) is -3.80. The minimum atomic E-state index is -4.07. The molecule has 10 heteroatoms. The molecule has 0 aromatic heterocycles. The van der Waals surface area contributed by atoms with Gasteiger partial charge in [0.25, 0.3) is 10.0 Å². The average Bonchev–Trinajstić information content (AvgIpc) is 2.87. The average molecular weight is 371 g/mol. The Labute approximate surface area is 141 Å². The van der Waals surface area contributed by atoms with Gasteiger partial charge in [-0.1, -0.05) is 6.07 Å². The molecule has 0 bridgehead atoms. The van der Waals surface area contributed by atoms with E-state index in [1.54, 1.807) is 0 Å². The van der Waals surface area contributed by atoms with E-state index < -0.39 is 22.3 Å². The third-order valence-corrected chi connectivity index (χ3v) is 4.60. The Morgan fingerprint density at radius 3 is 2.56 bits per heavy atom. The van der Waals surface area contributed by atoms with Crippen LogP contribution in [0.15, 0.2) is 47.4 Å². The highest BCUT2D eigenvalue weighted by Gasteiger charge is 2.43. The monoisotopic (exact) mass is 371 g/mol. The van der Waals surface area contributed by atoms with Crippen LogP contribution < -0.4 is 14.2 Å². The highest BCUT2D eigenvalue weighted by Crippen LogP contribution is 2.42. The number of anilines is 1. The van der Waals surface area contributed by atoms with Crippen LogP contribution in [0.1, 0.15) is 10.4 Å². The molecule has 0 aliphatic carbocycles. The number of benzene rings is 2. The van der Waals surface area contributed by atoms with Crippen molar-refractivity contribution in [1.29, 1.82) is 0 Å². The standard InChI is InChI=1S/C15H11F2NO6S/c1-22-14(19)9-3-2-4-11(7-9)25(20,21)18-10-5-6-12-13(8-10)24-15(16,17)23-12/h2-8,18H,1H3. The molecule has 7 nitrogen and oxygen atoms in total. The van der Waals surface area contributed by atoms with Gasteiger partial charge in [-0.2, -0.15) is 0 Å². The van der Waals surface area contributed by atoms with E-state index in [0.717, 1.165) is 18.2 Å². The SMILES string of the molecule is COC(=O)c1cccc(S(=O)(=O)Nc2ccc3c(c2)OC(F)(F)O3)c1. The molecule has 1 heterocycles. The molecule has 3 rings (SSSR count). The van der Waals surface area contributed by atoms with Gasteiger partial charge in [-0.25, -0.2) is 13.2 Å². The number of sulfonamides is 1. The normalized spacial score (nSPS) is 14.8. The summed E-state index contributed by atoms with van der Waals surface area (Å²) in [7, 11) is -2.89. The van der Waals surface area contributed by atoms with Gasteiger partial charge in [-0.05, 0) is 30.3 Å². The zero-order valence-electron chi connectivity index (χ0n) is 12.7. The third kappa shape index (κ3) is 3.48. The van der Waals surface area contributed by atoms with Crippen LogP contribution in [0.25, 0.3) is 0 Å². The molecule has 0 unspecified atom stereocenters. The molecule has 0 radical (unpaired) electrons. The zero-order valence-corrected chi connectivity index (χ0v) is 13.5. The van der Waals surface area contributed by atoms with Gasteiger partial charge in [-0.15, -0.1) is 8.78 Å². The molecule has 132 valence electrons. The van der Waals surface area contributed by atoms with Gasteiger partial charge in [0.15, 0.2) is 11.5 Å². The Balaban J connectivity index is 1.87. The molecule has 2 aromatic carbocycles. The van der Waals surface area contributed by atoms with Crippen molar-refractivity contribution < 1.29 is 36.2 Å². The quantitative estimate of drug-likeness (QED) is 0.831. The number of ether oxygens (including phenoxy) is 3. The van der Waals surface area contributed by atoms with Crippen molar-refractivity contribution in [2.75, 3.05) is 11.8 Å². The van der Waals surface area contributed by atoms with Crippen LogP contribution >= 0.6 is 0 Å². The predicted octanol–water partition coefficient (Wildman–Crippen LogP) is 2.60. The van der Waals surface area contributed by atoms with Gasteiger partial charge in [0, 0.05) is 6.07 Å². The van der Waals surface area contributed by atoms with E-state index in [-0.39, 0.29) is 27.6 Å². The maximum atomic E-state index is 13.0. The van der Waals surface area contributed by atoms with Gasteiger partial charge < -0.3 is 14.2 Å². The van der Waals surface area contributed by atoms with Crippen molar-refractivity contribution in [2.45, 2.75) is 11.2 Å². The number of alkyl halides is 2. The molecule has 0 saturated heterocycles. The first-order valence-electron chi connectivity index (χ1n) is 6.81. The second kappa shape index (κ2) is 5.88. The Morgan fingerprint density at radius 2 is 1.84 bits per heavy atom. The summed E-state index contributed by atoms with van der Waals surface area (Å²) in [5, 5.41) is 0. The Bertz CT molecular complexity index is 945. The summed E-state index contributed by atoms with van der Waals surface area (Å²) in [6.45, 7) is 0. The third-order valence-electron chi connectivity index (χ3n) is 3.22. The maximum Gasteiger partial charge on any atom is 0.586 e. The number of esters is 1. The van der Waals surface area contributed by atoms with E-state index >= 15 is 0 Å². The van der Waals surface area contributed by atoms with Crippen molar-refractivity contribution in [2.24, 2.45) is 0 Å². The first-order valence-corrected chi connectivity index (χ1v) is 8.30. The van der Waals surface area contributed by atoms with Crippen LogP contribution in [0.2, 0.25) is 0 Å². The Kier molecular flexibility index (Phi) is 3.99. The summed E-state index contributed by atoms with van der Waals surface area (Å²) in [6, 6.07) is 8.64. The minimum absolute atomic E-state index is 0.0106. The van der Waals surface area contributed by atoms with Gasteiger partial charge >= 0.3 is 12.3 Å². The fourth-order valence-corrected chi connectivity index (χ4v) is 3.23. The summed E-state index contributed by atoms with van der Waals surface area (Å²) in [4.78, 5) is 11.3. The summed E-state index contributed by atoms with van der Waals surface area (Å²) in [5.41, 5.74) is 0.0409. The molecule has 25 heavy (non-hydrogen) atoms. The summed E-state index contributed by atoms with van der Waals surface area (Å²) in [5.74, 6) is -1.20. The van der Waals surface area contributed by atoms with Crippen molar-refractivity contribution >= 4 is 21.7 Å². The van der Waals surface area contributed by atoms with Gasteiger partial charge in [0.05, 0.1) is 23.3 Å². The second-order valence-electron chi connectivity index (χ2n) is 4.95. The lowest BCUT2D eigenvalue weighted by atomic mass is 10.2. The van der Waals surface area contributed by atoms with E-state index in [2.05, 4.69) is 18.9 Å². The first kappa shape index (κ1) is 17.0. The molecule has 1 N–H and O–H groups in total. The Morgan fingerprint density at radius 1 is 1.12 bits per heavy atom. The van der Waals surface area contributed by atoms with E-state index in [1.165, 1.54) is 31.4 Å². The number of hydrogen-bond acceptors (Lipinski definition) is 6. The largest absolute Gasteiger partial charge is 0.586 e. The number of halogens is 2. The summed E-state index contributed by atoms with van der Waals surface area (Å²) < 4.78 is 66.1. The lowest BCUT2D eigenvalue weighted by Gasteiger charge is -2.09. The molecule has 0 atom stereocenters. The predicted molar refractivity (Wildman–Crippen MR) is 81.2 cm³/mol. The number of hydrogen-bond donors (Lipinski definition) is 1. The van der Waals surface area contributed by atoms with Gasteiger partial charge in [0.1, 0.15) is 0 Å². The van der Waals surface area contributed by atoms with Crippen LogP contribution in [0, 0.1) is 0 Å². The van der Waals surface area contributed by atoms with Crippen LogP contribution in [0.5, 0.6) is 11.5 Å². The van der Waals surface area contributed by atoms with E-state index in [4.69, 9.17) is 0 Å². The smallest absolute Gasteiger partial charge is 0.465 e. The fraction of sp³-hybridized carbons (Fsp3) is 0.133. The topological polar surface area (TPSA) is 90.9 Å². The molecule has 0 saturated carbocycles. The van der Waals surface area contributed by atoms with Crippen molar-refractivity contribution in [3.63, 3.8) is 0 Å². The number of carbonyl (C=O) groups excluding carboxylic acids is 1. The number of nitrogens with one attached hydrogen (secondary N) is 1. The van der Waals surface area contributed by atoms with E-state index in [9.17, 15) is 22.0 Å². The fourth-order valence-electron chi connectivity index (χ4n) is 2.13. The molecular weight excluding hydrogens is 360 g/mol. The molecular formula is C15H11F2NO6S. The van der Waals surface area contributed by atoms with Gasteiger partial charge in [-0.3, -0.25) is 4.72 Å². The van der Waals surface area contributed by atoms with E-state index in [1.807, 2.05) is 0 Å². The maximum absolute atomic E-state index is 13.0.